The van der Waals surface area contributed by atoms with E-state index in [2.05, 4.69) is 57.2 Å². The van der Waals surface area contributed by atoms with Gasteiger partial charge in [0.05, 0.1) is 14.2 Å². The van der Waals surface area contributed by atoms with Crippen LogP contribution in [0.2, 0.25) is 0 Å². The molecule has 0 saturated heterocycles. The molecule has 0 aliphatic carbocycles. The lowest BCUT2D eigenvalue weighted by molar-refractivity contribution is 0.411. The Kier molecular flexibility index (Phi) is 5.26. The SMILES string of the molecule is COc1ccc(/C=C/C(C)c2ccc(OC)c(C)c2)cc1C. The lowest BCUT2D eigenvalue weighted by atomic mass is 9.97. The minimum absolute atomic E-state index is 0.354. The van der Waals surface area contributed by atoms with E-state index in [0.29, 0.717) is 5.92 Å². The van der Waals surface area contributed by atoms with Crippen LogP contribution in [0.1, 0.15) is 35.1 Å². The average molecular weight is 296 g/mol. The summed E-state index contributed by atoms with van der Waals surface area (Å²) in [4.78, 5) is 0. The maximum atomic E-state index is 5.31. The molecule has 0 saturated carbocycles. The van der Waals surface area contributed by atoms with Crippen molar-refractivity contribution in [1.29, 1.82) is 0 Å². The molecule has 2 aromatic carbocycles. The maximum Gasteiger partial charge on any atom is 0.121 e. The molecule has 0 spiro atoms. The van der Waals surface area contributed by atoms with E-state index in [4.69, 9.17) is 9.47 Å². The maximum absolute atomic E-state index is 5.31. The molecule has 0 aliphatic heterocycles. The Morgan fingerprint density at radius 3 is 2.00 bits per heavy atom. The van der Waals surface area contributed by atoms with E-state index in [9.17, 15) is 0 Å². The number of ether oxygens (including phenoxy) is 2. The van der Waals surface area contributed by atoms with Crippen LogP contribution in [0.4, 0.5) is 0 Å². The second-order valence-electron chi connectivity index (χ2n) is 5.61. The Morgan fingerprint density at radius 2 is 1.45 bits per heavy atom. The average Bonchev–Trinajstić information content (AvgIpc) is 2.52. The van der Waals surface area contributed by atoms with E-state index in [1.807, 2.05) is 12.1 Å². The molecule has 0 amide bonds. The van der Waals surface area contributed by atoms with Crippen molar-refractivity contribution >= 4 is 6.08 Å². The Morgan fingerprint density at radius 1 is 0.864 bits per heavy atom. The lowest BCUT2D eigenvalue weighted by Gasteiger charge is -2.11. The molecule has 1 atom stereocenters. The third-order valence-electron chi connectivity index (χ3n) is 3.94. The van der Waals surface area contributed by atoms with Crippen LogP contribution in [-0.2, 0) is 0 Å². The van der Waals surface area contributed by atoms with Crippen LogP contribution in [-0.4, -0.2) is 14.2 Å². The fourth-order valence-electron chi connectivity index (χ4n) is 2.56. The second kappa shape index (κ2) is 7.17. The van der Waals surface area contributed by atoms with Gasteiger partial charge in [0.25, 0.3) is 0 Å². The van der Waals surface area contributed by atoms with Crippen molar-refractivity contribution in [3.8, 4) is 11.5 Å². The predicted octanol–water partition coefficient (Wildman–Crippen LogP) is 5.14. The van der Waals surface area contributed by atoms with Crippen molar-refractivity contribution in [3.05, 3.63) is 64.7 Å². The Hall–Kier alpha value is -2.22. The first-order chi connectivity index (χ1) is 10.5. The highest BCUT2D eigenvalue weighted by Gasteiger charge is 2.05. The van der Waals surface area contributed by atoms with Gasteiger partial charge in [0.1, 0.15) is 11.5 Å². The van der Waals surface area contributed by atoms with Gasteiger partial charge < -0.3 is 9.47 Å². The quantitative estimate of drug-likeness (QED) is 0.760. The van der Waals surface area contributed by atoms with E-state index >= 15 is 0 Å². The Labute approximate surface area is 133 Å². The van der Waals surface area contributed by atoms with Crippen LogP contribution in [0.3, 0.4) is 0 Å². The van der Waals surface area contributed by atoms with Gasteiger partial charge in [-0.25, -0.2) is 0 Å². The molecule has 2 aromatic rings. The molecule has 22 heavy (non-hydrogen) atoms. The van der Waals surface area contributed by atoms with Crippen LogP contribution in [0.25, 0.3) is 6.08 Å². The van der Waals surface area contributed by atoms with Crippen molar-refractivity contribution in [2.45, 2.75) is 26.7 Å². The first-order valence-electron chi connectivity index (χ1n) is 7.52. The minimum atomic E-state index is 0.354. The van der Waals surface area contributed by atoms with Gasteiger partial charge in [-0.3, -0.25) is 0 Å². The second-order valence-corrected chi connectivity index (χ2v) is 5.61. The summed E-state index contributed by atoms with van der Waals surface area (Å²) in [5.74, 6) is 2.22. The molecule has 2 rings (SSSR count). The zero-order valence-corrected chi connectivity index (χ0v) is 14.0. The minimum Gasteiger partial charge on any atom is -0.496 e. The van der Waals surface area contributed by atoms with Gasteiger partial charge in [0.15, 0.2) is 0 Å². The summed E-state index contributed by atoms with van der Waals surface area (Å²) in [7, 11) is 3.41. The van der Waals surface area contributed by atoms with Crippen LogP contribution >= 0.6 is 0 Å². The largest absolute Gasteiger partial charge is 0.496 e. The topological polar surface area (TPSA) is 18.5 Å². The van der Waals surface area contributed by atoms with Crippen molar-refractivity contribution in [2.24, 2.45) is 0 Å². The molecule has 0 heterocycles. The number of hydrogen-bond acceptors (Lipinski definition) is 2. The molecule has 0 N–H and O–H groups in total. The molecule has 0 fully saturated rings. The molecule has 2 heteroatoms. The molecule has 0 aromatic heterocycles. The number of rotatable bonds is 5. The number of aryl methyl sites for hydroxylation is 2. The summed E-state index contributed by atoms with van der Waals surface area (Å²) in [6, 6.07) is 12.6. The summed E-state index contributed by atoms with van der Waals surface area (Å²) in [6.07, 6.45) is 4.39. The summed E-state index contributed by atoms with van der Waals surface area (Å²) in [6.45, 7) is 6.34. The first kappa shape index (κ1) is 16.2. The number of methoxy groups -OCH3 is 2. The van der Waals surface area contributed by atoms with Gasteiger partial charge in [-0.15, -0.1) is 0 Å². The number of allylic oxidation sites excluding steroid dienone is 1. The molecule has 2 nitrogen and oxygen atoms in total. The fourth-order valence-corrected chi connectivity index (χ4v) is 2.56. The van der Waals surface area contributed by atoms with Gasteiger partial charge in [-0.2, -0.15) is 0 Å². The highest BCUT2D eigenvalue weighted by Crippen LogP contribution is 2.25. The van der Waals surface area contributed by atoms with E-state index in [0.717, 1.165) is 17.1 Å². The summed E-state index contributed by atoms with van der Waals surface area (Å²) >= 11 is 0. The molecular formula is C20H24O2. The third-order valence-corrected chi connectivity index (χ3v) is 3.94. The van der Waals surface area contributed by atoms with Gasteiger partial charge in [-0.05, 0) is 60.2 Å². The van der Waals surface area contributed by atoms with Gasteiger partial charge in [0.2, 0.25) is 0 Å². The van der Waals surface area contributed by atoms with E-state index < -0.39 is 0 Å². The molecule has 0 aliphatic rings. The molecule has 1 unspecified atom stereocenters. The number of hydrogen-bond donors (Lipinski definition) is 0. The molecular weight excluding hydrogens is 272 g/mol. The summed E-state index contributed by atoms with van der Waals surface area (Å²) in [5.41, 5.74) is 4.80. The van der Waals surface area contributed by atoms with E-state index in [1.165, 1.54) is 16.7 Å². The van der Waals surface area contributed by atoms with Crippen LogP contribution in [0.5, 0.6) is 11.5 Å². The Balaban J connectivity index is 2.15. The van der Waals surface area contributed by atoms with Gasteiger partial charge in [-0.1, -0.05) is 37.3 Å². The molecule has 116 valence electrons. The van der Waals surface area contributed by atoms with Crippen molar-refractivity contribution in [2.75, 3.05) is 14.2 Å². The van der Waals surface area contributed by atoms with Crippen LogP contribution < -0.4 is 9.47 Å². The summed E-state index contributed by atoms with van der Waals surface area (Å²) in [5, 5.41) is 0. The van der Waals surface area contributed by atoms with Gasteiger partial charge in [0, 0.05) is 0 Å². The lowest BCUT2D eigenvalue weighted by Crippen LogP contribution is -1.93. The molecule has 0 bridgehead atoms. The normalized spacial score (nSPS) is 12.4. The first-order valence-corrected chi connectivity index (χ1v) is 7.52. The Bertz CT molecular complexity index is 671. The smallest absolute Gasteiger partial charge is 0.121 e. The molecule has 0 radical (unpaired) electrons. The van der Waals surface area contributed by atoms with Crippen molar-refractivity contribution in [3.63, 3.8) is 0 Å². The highest BCUT2D eigenvalue weighted by atomic mass is 16.5. The van der Waals surface area contributed by atoms with E-state index in [1.54, 1.807) is 14.2 Å². The zero-order chi connectivity index (χ0) is 16.1. The van der Waals surface area contributed by atoms with Gasteiger partial charge >= 0.3 is 0 Å². The zero-order valence-electron chi connectivity index (χ0n) is 14.0. The van der Waals surface area contributed by atoms with Crippen molar-refractivity contribution in [1.82, 2.24) is 0 Å². The predicted molar refractivity (Wildman–Crippen MR) is 92.9 cm³/mol. The van der Waals surface area contributed by atoms with Crippen molar-refractivity contribution < 1.29 is 9.47 Å². The van der Waals surface area contributed by atoms with Crippen LogP contribution in [0, 0.1) is 13.8 Å². The standard InChI is InChI=1S/C20H24O2/c1-14(18-9-11-20(22-5)16(3)13-18)6-7-17-8-10-19(21-4)15(2)12-17/h6-14H,1-5H3/b7-6+. The fraction of sp³-hybridized carbons (Fsp3) is 0.300. The third kappa shape index (κ3) is 3.70. The number of benzene rings is 2. The van der Waals surface area contributed by atoms with E-state index in [-0.39, 0.29) is 0 Å². The highest BCUT2D eigenvalue weighted by molar-refractivity contribution is 5.54. The summed E-state index contributed by atoms with van der Waals surface area (Å²) < 4.78 is 10.6. The monoisotopic (exact) mass is 296 g/mol. The van der Waals surface area contributed by atoms with Crippen LogP contribution in [0.15, 0.2) is 42.5 Å².